The zero-order valence-electron chi connectivity index (χ0n) is 18.3. The van der Waals surface area contributed by atoms with Crippen molar-refractivity contribution < 1.29 is 13.2 Å². The minimum atomic E-state index is -3.69. The van der Waals surface area contributed by atoms with Crippen molar-refractivity contribution in [1.82, 2.24) is 29.5 Å². The van der Waals surface area contributed by atoms with Crippen LogP contribution in [0.4, 0.5) is 13.2 Å². The van der Waals surface area contributed by atoms with Crippen molar-refractivity contribution >= 4 is 22.6 Å². The topological polar surface area (TPSA) is 61.4 Å². The predicted molar refractivity (Wildman–Crippen MR) is 119 cm³/mol. The molecule has 1 aliphatic heterocycles. The van der Waals surface area contributed by atoms with E-state index in [1.165, 1.54) is 21.5 Å². The molecule has 0 saturated carbocycles. The maximum Gasteiger partial charge on any atom is 0.334 e. The van der Waals surface area contributed by atoms with Crippen molar-refractivity contribution in [1.29, 1.82) is 0 Å². The number of nitrogens with zero attached hydrogens (tertiary/aromatic N) is 6. The Balaban J connectivity index is 1.57. The summed E-state index contributed by atoms with van der Waals surface area (Å²) in [5, 5.41) is 11.9. The molecule has 4 heterocycles. The highest BCUT2D eigenvalue weighted by atomic mass is 19.3. The first-order valence-corrected chi connectivity index (χ1v) is 10.5. The summed E-state index contributed by atoms with van der Waals surface area (Å²) in [6.45, 7) is 3.77. The van der Waals surface area contributed by atoms with Crippen molar-refractivity contribution in [3.63, 3.8) is 0 Å². The Labute approximate surface area is 188 Å². The zero-order chi connectivity index (χ0) is 23.3. The molecule has 33 heavy (non-hydrogen) atoms. The number of benzene rings is 1. The molecular formula is C24H21F3N6. The molecule has 6 nitrogen and oxygen atoms in total. The standard InChI is InChI=1S/C24H21F3N6/c1-14-10-17(12-28-11-14)16-5-4-15(2)33-21(9-6-16)29-30-23(33)24(26,27)19-7-8-20-18(22(19)25)13-32(3)31-20/h5-13,15H,4H2,1-3H3. The Morgan fingerprint density at radius 3 is 2.73 bits per heavy atom. The smallest absolute Gasteiger partial charge is 0.303 e. The molecule has 3 aromatic heterocycles. The van der Waals surface area contributed by atoms with Crippen LogP contribution in [0.1, 0.15) is 47.7 Å². The maximum atomic E-state index is 15.7. The van der Waals surface area contributed by atoms with Crippen molar-refractivity contribution in [3.05, 3.63) is 83.1 Å². The lowest BCUT2D eigenvalue weighted by atomic mass is 10.0. The average molecular weight is 450 g/mol. The van der Waals surface area contributed by atoms with Gasteiger partial charge in [-0.25, -0.2) is 4.39 Å². The van der Waals surface area contributed by atoms with Crippen LogP contribution in [-0.2, 0) is 13.0 Å². The number of allylic oxidation sites excluding steroid dienone is 3. The maximum absolute atomic E-state index is 15.7. The quantitative estimate of drug-likeness (QED) is 0.430. The van der Waals surface area contributed by atoms with E-state index in [1.54, 1.807) is 25.5 Å². The number of hydrogen-bond donors (Lipinski definition) is 0. The van der Waals surface area contributed by atoms with Gasteiger partial charge in [-0.15, -0.1) is 10.2 Å². The van der Waals surface area contributed by atoms with Gasteiger partial charge in [0.25, 0.3) is 0 Å². The van der Waals surface area contributed by atoms with E-state index in [1.807, 2.05) is 32.1 Å². The predicted octanol–water partition coefficient (Wildman–Crippen LogP) is 5.21. The van der Waals surface area contributed by atoms with Gasteiger partial charge in [-0.2, -0.15) is 13.9 Å². The second kappa shape index (κ2) is 7.68. The Morgan fingerprint density at radius 2 is 1.94 bits per heavy atom. The van der Waals surface area contributed by atoms with E-state index in [-0.39, 0.29) is 17.3 Å². The molecule has 5 rings (SSSR count). The summed E-state index contributed by atoms with van der Waals surface area (Å²) in [7, 11) is 1.61. The first-order valence-electron chi connectivity index (χ1n) is 10.5. The largest absolute Gasteiger partial charge is 0.334 e. The van der Waals surface area contributed by atoms with Crippen LogP contribution in [0.15, 0.2) is 48.9 Å². The van der Waals surface area contributed by atoms with Gasteiger partial charge in [-0.3, -0.25) is 9.67 Å². The number of aromatic nitrogens is 6. The number of rotatable bonds is 3. The highest BCUT2D eigenvalue weighted by molar-refractivity contribution is 5.80. The molecule has 1 aliphatic rings. The Bertz CT molecular complexity index is 1430. The Hall–Kier alpha value is -3.75. The average Bonchev–Trinajstić information content (AvgIpc) is 3.36. The number of halogens is 3. The number of alkyl halides is 2. The lowest BCUT2D eigenvalue weighted by Gasteiger charge is -2.23. The molecule has 0 fully saturated rings. The van der Waals surface area contributed by atoms with E-state index in [9.17, 15) is 0 Å². The summed E-state index contributed by atoms with van der Waals surface area (Å²) >= 11 is 0. The monoisotopic (exact) mass is 450 g/mol. The Morgan fingerprint density at radius 1 is 1.12 bits per heavy atom. The molecule has 0 saturated heterocycles. The van der Waals surface area contributed by atoms with Crippen LogP contribution in [0.3, 0.4) is 0 Å². The molecule has 4 aromatic rings. The third kappa shape index (κ3) is 3.53. The van der Waals surface area contributed by atoms with Crippen molar-refractivity contribution in [3.8, 4) is 0 Å². The SMILES string of the molecule is Cc1cncc(C2=CCC(C)n3c(nnc3C(F)(F)c3ccc4nn(C)cc4c3F)C=C2)c1. The van der Waals surface area contributed by atoms with E-state index < -0.39 is 23.1 Å². The minimum absolute atomic E-state index is 0.0364. The third-order valence-corrected chi connectivity index (χ3v) is 5.82. The van der Waals surface area contributed by atoms with Crippen LogP contribution in [0, 0.1) is 12.7 Å². The second-order valence-corrected chi connectivity index (χ2v) is 8.32. The van der Waals surface area contributed by atoms with Gasteiger partial charge in [-0.1, -0.05) is 12.2 Å². The molecule has 1 aromatic carbocycles. The van der Waals surface area contributed by atoms with Gasteiger partial charge in [0.05, 0.1) is 16.5 Å². The fourth-order valence-corrected chi connectivity index (χ4v) is 4.17. The first kappa shape index (κ1) is 21.1. The molecule has 168 valence electrons. The van der Waals surface area contributed by atoms with Crippen LogP contribution in [0.2, 0.25) is 0 Å². The summed E-state index contributed by atoms with van der Waals surface area (Å²) in [4.78, 5) is 4.23. The fourth-order valence-electron chi connectivity index (χ4n) is 4.17. The van der Waals surface area contributed by atoms with Crippen LogP contribution in [-0.4, -0.2) is 29.5 Å². The molecular weight excluding hydrogens is 429 g/mol. The van der Waals surface area contributed by atoms with Crippen molar-refractivity contribution in [2.45, 2.75) is 32.2 Å². The summed E-state index contributed by atoms with van der Waals surface area (Å²) in [6.07, 6.45) is 10.8. The molecule has 0 N–H and O–H groups in total. The number of aryl methyl sites for hydroxylation is 2. The summed E-state index contributed by atoms with van der Waals surface area (Å²) in [6, 6.07) is 4.09. The lowest BCUT2D eigenvalue weighted by molar-refractivity contribution is 0.0238. The summed E-state index contributed by atoms with van der Waals surface area (Å²) < 4.78 is 49.2. The molecule has 0 radical (unpaired) electrons. The number of hydrogen-bond acceptors (Lipinski definition) is 4. The van der Waals surface area contributed by atoms with Crippen LogP contribution < -0.4 is 0 Å². The zero-order valence-corrected chi connectivity index (χ0v) is 18.3. The van der Waals surface area contributed by atoms with Crippen LogP contribution in [0.25, 0.3) is 22.6 Å². The summed E-state index contributed by atoms with van der Waals surface area (Å²) in [5.74, 6) is -5.00. The van der Waals surface area contributed by atoms with Gasteiger partial charge in [-0.05, 0) is 61.2 Å². The van der Waals surface area contributed by atoms with Crippen molar-refractivity contribution in [2.24, 2.45) is 7.05 Å². The highest BCUT2D eigenvalue weighted by Gasteiger charge is 2.44. The fraction of sp³-hybridized carbons (Fsp3) is 0.250. The van der Waals surface area contributed by atoms with E-state index in [2.05, 4.69) is 20.3 Å². The lowest BCUT2D eigenvalue weighted by Crippen LogP contribution is -2.25. The molecule has 1 unspecified atom stereocenters. The van der Waals surface area contributed by atoms with E-state index in [0.717, 1.165) is 22.8 Å². The molecule has 0 aliphatic carbocycles. The number of pyridine rings is 1. The van der Waals surface area contributed by atoms with Gasteiger partial charge >= 0.3 is 5.92 Å². The normalized spacial score (nSPS) is 16.4. The van der Waals surface area contributed by atoms with Gasteiger partial charge in [0.1, 0.15) is 5.82 Å². The van der Waals surface area contributed by atoms with E-state index in [0.29, 0.717) is 11.9 Å². The molecule has 0 amide bonds. The van der Waals surface area contributed by atoms with Crippen LogP contribution in [0.5, 0.6) is 0 Å². The molecule has 9 heteroatoms. The van der Waals surface area contributed by atoms with E-state index >= 15 is 13.2 Å². The van der Waals surface area contributed by atoms with Gasteiger partial charge < -0.3 is 4.57 Å². The molecule has 1 atom stereocenters. The molecule has 0 bridgehead atoms. The summed E-state index contributed by atoms with van der Waals surface area (Å²) in [5.41, 5.74) is 2.44. The van der Waals surface area contributed by atoms with Crippen molar-refractivity contribution in [2.75, 3.05) is 0 Å². The Kier molecular flexibility index (Phi) is 4.92. The highest BCUT2D eigenvalue weighted by Crippen LogP contribution is 2.40. The first-order chi connectivity index (χ1) is 15.8. The van der Waals surface area contributed by atoms with Gasteiger partial charge in [0.2, 0.25) is 5.82 Å². The second-order valence-electron chi connectivity index (χ2n) is 8.32. The van der Waals surface area contributed by atoms with Gasteiger partial charge in [0, 0.05) is 31.7 Å². The molecule has 0 spiro atoms. The third-order valence-electron chi connectivity index (χ3n) is 5.82. The van der Waals surface area contributed by atoms with E-state index in [4.69, 9.17) is 0 Å². The number of fused-ring (bicyclic) bond motifs is 2. The van der Waals surface area contributed by atoms with Gasteiger partial charge in [0.15, 0.2) is 5.82 Å². The van der Waals surface area contributed by atoms with Crippen LogP contribution >= 0.6 is 0 Å². The minimum Gasteiger partial charge on any atom is -0.303 e.